The van der Waals surface area contributed by atoms with Gasteiger partial charge in [-0.05, 0) is 47.1 Å². The van der Waals surface area contributed by atoms with Gasteiger partial charge in [-0.1, -0.05) is 103 Å². The molecule has 0 aliphatic carbocycles. The number of hydrogen-bond donors (Lipinski definition) is 0. The Morgan fingerprint density at radius 1 is 0.724 bits per heavy atom. The quantitative estimate of drug-likeness (QED) is 0.210. The fourth-order valence-corrected chi connectivity index (χ4v) is 4.95. The molecule has 0 saturated carbocycles. The first-order valence-corrected chi connectivity index (χ1v) is 13.3. The maximum Gasteiger partial charge on any atom is 0.0607 e. The summed E-state index contributed by atoms with van der Waals surface area (Å²) in [7, 11) is 2.26. The molecule has 0 amide bonds. The van der Waals surface area contributed by atoms with Crippen molar-refractivity contribution in [2.24, 2.45) is 0 Å². The molecule has 2 atom stereocenters. The summed E-state index contributed by atoms with van der Waals surface area (Å²) < 4.78 is 6.23. The number of nitrogens with zero attached hydrogens (tertiary/aromatic N) is 1. The summed E-state index contributed by atoms with van der Waals surface area (Å²) >= 11 is 0. The van der Waals surface area contributed by atoms with Crippen LogP contribution in [0.25, 0.3) is 0 Å². The molecule has 0 aromatic heterocycles. The lowest BCUT2D eigenvalue weighted by Gasteiger charge is -2.47. The summed E-state index contributed by atoms with van der Waals surface area (Å²) in [5, 5.41) is 0. The van der Waals surface area contributed by atoms with E-state index in [4.69, 9.17) is 4.74 Å². The normalized spacial score (nSPS) is 22.2. The van der Waals surface area contributed by atoms with E-state index in [0.717, 1.165) is 6.61 Å². The molecule has 1 rings (SSSR count). The zero-order valence-electron chi connectivity index (χ0n) is 20.9. The fourth-order valence-electron chi connectivity index (χ4n) is 4.95. The Kier molecular flexibility index (Phi) is 15.4. The maximum atomic E-state index is 6.23. The molecule has 0 bridgehead atoms. The lowest BCUT2D eigenvalue weighted by molar-refractivity contribution is -0.0579. The molecule has 174 valence electrons. The van der Waals surface area contributed by atoms with Crippen LogP contribution in [0.3, 0.4) is 0 Å². The summed E-state index contributed by atoms with van der Waals surface area (Å²) in [6.07, 6.45) is 25.7. The van der Waals surface area contributed by atoms with E-state index in [2.05, 4.69) is 39.6 Å². The molecule has 1 saturated heterocycles. The van der Waals surface area contributed by atoms with Gasteiger partial charge in [0.05, 0.1) is 6.10 Å². The Labute approximate surface area is 184 Å². The van der Waals surface area contributed by atoms with Crippen LogP contribution < -0.4 is 0 Å². The van der Waals surface area contributed by atoms with Gasteiger partial charge in [0, 0.05) is 18.2 Å². The van der Waals surface area contributed by atoms with Crippen LogP contribution in [0, 0.1) is 0 Å². The Bertz CT molecular complexity index is 368. The van der Waals surface area contributed by atoms with E-state index in [1.807, 2.05) is 0 Å². The van der Waals surface area contributed by atoms with Gasteiger partial charge in [-0.3, -0.25) is 4.90 Å². The standard InChI is InChI=1S/C27H55NO/c1-6-7-8-9-10-11-12-13-14-15-16-17-18-19-20-21-22-29-26-23-25(2)28(5)27(3,4)24-26/h25-26H,6-24H2,1-5H3. The average molecular weight is 410 g/mol. The molecule has 29 heavy (non-hydrogen) atoms. The molecule has 1 fully saturated rings. The summed E-state index contributed by atoms with van der Waals surface area (Å²) in [5.74, 6) is 0. The SMILES string of the molecule is CCCCCCCCCCCCCCCCCCOC1CC(C)N(C)C(C)(C)C1. The van der Waals surface area contributed by atoms with Gasteiger partial charge in [0.1, 0.15) is 0 Å². The highest BCUT2D eigenvalue weighted by Gasteiger charge is 2.36. The highest BCUT2D eigenvalue weighted by Crippen LogP contribution is 2.31. The molecule has 0 spiro atoms. The molecule has 0 radical (unpaired) electrons. The molecule has 0 N–H and O–H groups in total. The second kappa shape index (κ2) is 16.6. The molecule has 1 aliphatic heterocycles. The molecule has 0 aromatic rings. The summed E-state index contributed by atoms with van der Waals surface area (Å²) in [6.45, 7) is 10.3. The molecule has 2 heteroatoms. The number of likely N-dealkylation sites (tertiary alicyclic amines) is 1. The number of hydrogen-bond acceptors (Lipinski definition) is 2. The maximum absolute atomic E-state index is 6.23. The van der Waals surface area contributed by atoms with Gasteiger partial charge in [-0.25, -0.2) is 0 Å². The smallest absolute Gasteiger partial charge is 0.0607 e. The topological polar surface area (TPSA) is 12.5 Å². The molecule has 0 aromatic carbocycles. The van der Waals surface area contributed by atoms with Gasteiger partial charge >= 0.3 is 0 Å². The van der Waals surface area contributed by atoms with Crippen LogP contribution in [-0.4, -0.2) is 36.2 Å². The minimum atomic E-state index is 0.275. The molecule has 2 nitrogen and oxygen atoms in total. The van der Waals surface area contributed by atoms with Gasteiger partial charge in [0.25, 0.3) is 0 Å². The van der Waals surface area contributed by atoms with Crippen molar-refractivity contribution in [2.75, 3.05) is 13.7 Å². The molecule has 2 unspecified atom stereocenters. The van der Waals surface area contributed by atoms with Gasteiger partial charge in [0.15, 0.2) is 0 Å². The second-order valence-corrected chi connectivity index (χ2v) is 10.5. The zero-order valence-corrected chi connectivity index (χ0v) is 20.9. The number of ether oxygens (including phenoxy) is 1. The zero-order chi connectivity index (χ0) is 21.4. The Balaban J connectivity index is 1.81. The van der Waals surface area contributed by atoms with E-state index in [1.165, 1.54) is 116 Å². The minimum absolute atomic E-state index is 0.275. The number of rotatable bonds is 18. The van der Waals surface area contributed by atoms with Crippen molar-refractivity contribution in [2.45, 2.75) is 161 Å². The summed E-state index contributed by atoms with van der Waals surface area (Å²) in [4.78, 5) is 2.52. The van der Waals surface area contributed by atoms with Crippen LogP contribution in [-0.2, 0) is 4.74 Å². The molecule has 1 heterocycles. The predicted molar refractivity (Wildman–Crippen MR) is 130 cm³/mol. The lowest BCUT2D eigenvalue weighted by Crippen LogP contribution is -2.54. The van der Waals surface area contributed by atoms with E-state index in [-0.39, 0.29) is 5.54 Å². The van der Waals surface area contributed by atoms with Gasteiger partial charge < -0.3 is 4.74 Å². The third kappa shape index (κ3) is 13.0. The monoisotopic (exact) mass is 409 g/mol. The van der Waals surface area contributed by atoms with Crippen molar-refractivity contribution in [3.63, 3.8) is 0 Å². The second-order valence-electron chi connectivity index (χ2n) is 10.5. The van der Waals surface area contributed by atoms with Crippen LogP contribution >= 0.6 is 0 Å². The first-order chi connectivity index (χ1) is 14.0. The van der Waals surface area contributed by atoms with Crippen molar-refractivity contribution < 1.29 is 4.74 Å². The minimum Gasteiger partial charge on any atom is -0.378 e. The highest BCUT2D eigenvalue weighted by molar-refractivity contribution is 4.92. The average Bonchev–Trinajstić information content (AvgIpc) is 2.68. The van der Waals surface area contributed by atoms with Gasteiger partial charge in [-0.15, -0.1) is 0 Å². The number of unbranched alkanes of at least 4 members (excludes halogenated alkanes) is 15. The van der Waals surface area contributed by atoms with Gasteiger partial charge in [0.2, 0.25) is 0 Å². The first kappa shape index (κ1) is 27.0. The third-order valence-corrected chi connectivity index (χ3v) is 7.30. The van der Waals surface area contributed by atoms with E-state index in [1.54, 1.807) is 0 Å². The van der Waals surface area contributed by atoms with Crippen LogP contribution in [0.4, 0.5) is 0 Å². The Morgan fingerprint density at radius 3 is 1.55 bits per heavy atom. The summed E-state index contributed by atoms with van der Waals surface area (Å²) in [6, 6.07) is 0.634. The number of piperidine rings is 1. The third-order valence-electron chi connectivity index (χ3n) is 7.30. The fraction of sp³-hybridized carbons (Fsp3) is 1.00. The summed E-state index contributed by atoms with van der Waals surface area (Å²) in [5.41, 5.74) is 0.275. The van der Waals surface area contributed by atoms with Gasteiger partial charge in [-0.2, -0.15) is 0 Å². The van der Waals surface area contributed by atoms with Crippen molar-refractivity contribution >= 4 is 0 Å². The van der Waals surface area contributed by atoms with Crippen molar-refractivity contribution in [1.29, 1.82) is 0 Å². The molecular weight excluding hydrogens is 354 g/mol. The van der Waals surface area contributed by atoms with Crippen molar-refractivity contribution in [3.8, 4) is 0 Å². The van der Waals surface area contributed by atoms with Crippen LogP contribution in [0.15, 0.2) is 0 Å². The van der Waals surface area contributed by atoms with Crippen LogP contribution in [0.1, 0.15) is 143 Å². The van der Waals surface area contributed by atoms with E-state index < -0.39 is 0 Å². The van der Waals surface area contributed by atoms with Crippen LogP contribution in [0.5, 0.6) is 0 Å². The highest BCUT2D eigenvalue weighted by atomic mass is 16.5. The predicted octanol–water partition coefficient (Wildman–Crippen LogP) is 8.53. The Morgan fingerprint density at radius 2 is 1.14 bits per heavy atom. The van der Waals surface area contributed by atoms with E-state index in [9.17, 15) is 0 Å². The largest absolute Gasteiger partial charge is 0.378 e. The van der Waals surface area contributed by atoms with Crippen LogP contribution in [0.2, 0.25) is 0 Å². The molecule has 1 aliphatic rings. The van der Waals surface area contributed by atoms with Crippen molar-refractivity contribution in [3.05, 3.63) is 0 Å². The van der Waals surface area contributed by atoms with E-state index >= 15 is 0 Å². The van der Waals surface area contributed by atoms with E-state index in [0.29, 0.717) is 12.1 Å². The Hall–Kier alpha value is -0.0800. The molecular formula is C27H55NO. The van der Waals surface area contributed by atoms with Crippen molar-refractivity contribution in [1.82, 2.24) is 4.90 Å². The lowest BCUT2D eigenvalue weighted by atomic mass is 9.85. The first-order valence-electron chi connectivity index (χ1n) is 13.3.